The molecule has 0 unspecified atom stereocenters. The minimum atomic E-state index is -0.0188. The molecule has 6 heteroatoms. The first-order valence-electron chi connectivity index (χ1n) is 8.68. The van der Waals surface area contributed by atoms with Gasteiger partial charge in [-0.2, -0.15) is 0 Å². The first-order chi connectivity index (χ1) is 12.0. The number of carbonyl (C=O) groups is 1. The standard InChI is InChI=1S/C19H25NO3S2/c1-5-10-20-18(21)17(25-19(20)24)12-14-8-9-15(23-13(4)6-2)16(11-14)22-7-3/h8-9,11-13H,5-7,10H2,1-4H3/b17-12-/t13-/m0/s1. The van der Waals surface area contributed by atoms with E-state index in [2.05, 4.69) is 6.92 Å². The molecule has 1 aromatic rings. The summed E-state index contributed by atoms with van der Waals surface area (Å²) in [5.41, 5.74) is 0.900. The van der Waals surface area contributed by atoms with Crippen molar-refractivity contribution >= 4 is 40.3 Å². The van der Waals surface area contributed by atoms with Crippen LogP contribution in [0.4, 0.5) is 0 Å². The molecule has 136 valence electrons. The van der Waals surface area contributed by atoms with Crippen molar-refractivity contribution in [2.24, 2.45) is 0 Å². The van der Waals surface area contributed by atoms with Gasteiger partial charge in [-0.15, -0.1) is 0 Å². The molecule has 1 aromatic carbocycles. The molecule has 1 saturated heterocycles. The predicted molar refractivity (Wildman–Crippen MR) is 108 cm³/mol. The second-order valence-electron chi connectivity index (χ2n) is 5.81. The summed E-state index contributed by atoms with van der Waals surface area (Å²) < 4.78 is 12.3. The number of rotatable bonds is 8. The third kappa shape index (κ3) is 4.98. The van der Waals surface area contributed by atoms with Crippen molar-refractivity contribution in [2.45, 2.75) is 46.6 Å². The Kier molecular flexibility index (Phi) is 7.32. The van der Waals surface area contributed by atoms with Gasteiger partial charge in [0.15, 0.2) is 11.5 Å². The number of thiocarbonyl (C=S) groups is 1. The van der Waals surface area contributed by atoms with Crippen molar-refractivity contribution in [3.63, 3.8) is 0 Å². The molecular weight excluding hydrogens is 354 g/mol. The van der Waals surface area contributed by atoms with Crippen LogP contribution < -0.4 is 9.47 Å². The minimum absolute atomic E-state index is 0.0188. The monoisotopic (exact) mass is 379 g/mol. The predicted octanol–water partition coefficient (Wildman–Crippen LogP) is 4.87. The molecule has 1 amide bonds. The Labute approximate surface area is 159 Å². The molecule has 1 aliphatic heterocycles. The maximum atomic E-state index is 12.5. The zero-order valence-corrected chi connectivity index (χ0v) is 16.8. The first-order valence-corrected chi connectivity index (χ1v) is 9.91. The molecule has 0 N–H and O–H groups in total. The van der Waals surface area contributed by atoms with E-state index in [0.29, 0.717) is 28.1 Å². The van der Waals surface area contributed by atoms with Crippen LogP contribution in [0.15, 0.2) is 23.1 Å². The van der Waals surface area contributed by atoms with Gasteiger partial charge in [-0.05, 0) is 50.5 Å². The van der Waals surface area contributed by atoms with E-state index < -0.39 is 0 Å². The molecule has 1 fully saturated rings. The molecule has 0 radical (unpaired) electrons. The molecule has 0 saturated carbocycles. The van der Waals surface area contributed by atoms with Crippen LogP contribution >= 0.6 is 24.0 Å². The highest BCUT2D eigenvalue weighted by molar-refractivity contribution is 8.26. The van der Waals surface area contributed by atoms with E-state index in [1.54, 1.807) is 4.90 Å². The van der Waals surface area contributed by atoms with Gasteiger partial charge in [-0.25, -0.2) is 0 Å². The summed E-state index contributed by atoms with van der Waals surface area (Å²) >= 11 is 6.66. The average Bonchev–Trinajstić information content (AvgIpc) is 2.85. The first kappa shape index (κ1) is 19.8. The smallest absolute Gasteiger partial charge is 0.266 e. The third-order valence-electron chi connectivity index (χ3n) is 3.79. The van der Waals surface area contributed by atoms with Gasteiger partial charge in [0.25, 0.3) is 5.91 Å². The molecule has 0 spiro atoms. The topological polar surface area (TPSA) is 38.8 Å². The van der Waals surface area contributed by atoms with Crippen LogP contribution in [0.2, 0.25) is 0 Å². The van der Waals surface area contributed by atoms with Gasteiger partial charge < -0.3 is 9.47 Å². The molecule has 2 rings (SSSR count). The van der Waals surface area contributed by atoms with Crippen LogP contribution in [0.25, 0.3) is 6.08 Å². The summed E-state index contributed by atoms with van der Waals surface area (Å²) in [7, 11) is 0. The molecule has 0 aliphatic carbocycles. The van der Waals surface area contributed by atoms with Crippen LogP contribution in [0.5, 0.6) is 11.5 Å². The van der Waals surface area contributed by atoms with Gasteiger partial charge in [0, 0.05) is 6.54 Å². The number of ether oxygens (including phenoxy) is 2. The minimum Gasteiger partial charge on any atom is -0.490 e. The second-order valence-corrected chi connectivity index (χ2v) is 7.49. The van der Waals surface area contributed by atoms with E-state index in [-0.39, 0.29) is 12.0 Å². The molecule has 1 heterocycles. The molecule has 1 atom stereocenters. The summed E-state index contributed by atoms with van der Waals surface area (Å²) in [6.45, 7) is 9.30. The summed E-state index contributed by atoms with van der Waals surface area (Å²) in [4.78, 5) is 14.8. The number of hydrogen-bond acceptors (Lipinski definition) is 5. The maximum Gasteiger partial charge on any atom is 0.266 e. The van der Waals surface area contributed by atoms with E-state index in [4.69, 9.17) is 21.7 Å². The van der Waals surface area contributed by atoms with Crippen molar-refractivity contribution in [3.8, 4) is 11.5 Å². The Balaban J connectivity index is 2.26. The lowest BCUT2D eigenvalue weighted by Crippen LogP contribution is -2.28. The van der Waals surface area contributed by atoms with E-state index in [1.165, 1.54) is 11.8 Å². The molecule has 4 nitrogen and oxygen atoms in total. The average molecular weight is 380 g/mol. The van der Waals surface area contributed by atoms with Crippen molar-refractivity contribution in [2.75, 3.05) is 13.2 Å². The van der Waals surface area contributed by atoms with E-state index in [0.717, 1.165) is 24.2 Å². The molecule has 0 bridgehead atoms. The summed E-state index contributed by atoms with van der Waals surface area (Å²) in [6.07, 6.45) is 3.79. The lowest BCUT2D eigenvalue weighted by Gasteiger charge is -2.16. The van der Waals surface area contributed by atoms with Gasteiger partial charge in [-0.3, -0.25) is 9.69 Å². The molecular formula is C19H25NO3S2. The molecule has 0 aromatic heterocycles. The highest BCUT2D eigenvalue weighted by Gasteiger charge is 2.31. The van der Waals surface area contributed by atoms with E-state index >= 15 is 0 Å². The normalized spacial score (nSPS) is 17.3. The fraction of sp³-hybridized carbons (Fsp3) is 0.474. The van der Waals surface area contributed by atoms with Crippen molar-refractivity contribution in [3.05, 3.63) is 28.7 Å². The lowest BCUT2D eigenvalue weighted by molar-refractivity contribution is -0.122. The number of thioether (sulfide) groups is 1. The SMILES string of the molecule is CCCN1C(=O)/C(=C/c2ccc(O[C@@H](C)CC)c(OCC)c2)SC1=S. The van der Waals surface area contributed by atoms with Crippen LogP contribution in [-0.4, -0.2) is 34.4 Å². The van der Waals surface area contributed by atoms with Gasteiger partial charge >= 0.3 is 0 Å². The lowest BCUT2D eigenvalue weighted by atomic mass is 10.1. The number of benzene rings is 1. The van der Waals surface area contributed by atoms with Crippen molar-refractivity contribution < 1.29 is 14.3 Å². The molecule has 1 aliphatic rings. The van der Waals surface area contributed by atoms with Crippen LogP contribution in [-0.2, 0) is 4.79 Å². The fourth-order valence-electron chi connectivity index (χ4n) is 2.35. The Morgan fingerprint density at radius 2 is 2.04 bits per heavy atom. The summed E-state index contributed by atoms with van der Waals surface area (Å²) in [6, 6.07) is 5.75. The summed E-state index contributed by atoms with van der Waals surface area (Å²) in [5.74, 6) is 1.40. The fourth-order valence-corrected chi connectivity index (χ4v) is 3.66. The zero-order chi connectivity index (χ0) is 18.4. The Bertz CT molecular complexity index is 673. The van der Waals surface area contributed by atoms with Gasteiger partial charge in [-0.1, -0.05) is 43.9 Å². The highest BCUT2D eigenvalue weighted by atomic mass is 32.2. The van der Waals surface area contributed by atoms with Crippen LogP contribution in [0, 0.1) is 0 Å². The zero-order valence-electron chi connectivity index (χ0n) is 15.2. The number of nitrogens with zero attached hydrogens (tertiary/aromatic N) is 1. The van der Waals surface area contributed by atoms with E-state index in [9.17, 15) is 4.79 Å². The van der Waals surface area contributed by atoms with Crippen LogP contribution in [0.3, 0.4) is 0 Å². The molecule has 25 heavy (non-hydrogen) atoms. The third-order valence-corrected chi connectivity index (χ3v) is 5.17. The Morgan fingerprint density at radius 1 is 1.28 bits per heavy atom. The number of carbonyl (C=O) groups excluding carboxylic acids is 1. The summed E-state index contributed by atoms with van der Waals surface area (Å²) in [5, 5.41) is 0. The number of amides is 1. The Morgan fingerprint density at radius 3 is 2.68 bits per heavy atom. The van der Waals surface area contributed by atoms with Gasteiger partial charge in [0.05, 0.1) is 17.6 Å². The Hall–Kier alpha value is -1.53. The largest absolute Gasteiger partial charge is 0.490 e. The number of hydrogen-bond donors (Lipinski definition) is 0. The maximum absolute atomic E-state index is 12.5. The van der Waals surface area contributed by atoms with Crippen molar-refractivity contribution in [1.29, 1.82) is 0 Å². The van der Waals surface area contributed by atoms with Crippen LogP contribution in [0.1, 0.15) is 46.1 Å². The van der Waals surface area contributed by atoms with Gasteiger partial charge in [0.1, 0.15) is 4.32 Å². The van der Waals surface area contributed by atoms with E-state index in [1.807, 2.05) is 45.0 Å². The quantitative estimate of drug-likeness (QED) is 0.476. The van der Waals surface area contributed by atoms with Crippen molar-refractivity contribution in [1.82, 2.24) is 4.90 Å². The van der Waals surface area contributed by atoms with Gasteiger partial charge in [0.2, 0.25) is 0 Å². The highest BCUT2D eigenvalue weighted by Crippen LogP contribution is 2.35. The second kappa shape index (κ2) is 9.25.